The minimum Gasteiger partial charge on any atom is -0.379 e. The molecule has 0 aromatic carbocycles. The highest BCUT2D eigenvalue weighted by atomic mass is 27.0. The molecule has 0 amide bonds. The fraction of sp³-hybridized carbons (Fsp3) is 0. The Morgan fingerprint density at radius 3 is 2.00 bits per heavy atom. The van der Waals surface area contributed by atoms with Crippen molar-refractivity contribution in [2.45, 2.75) is 0 Å². The van der Waals surface area contributed by atoms with Gasteiger partial charge in [-0.25, -0.2) is 0 Å². The van der Waals surface area contributed by atoms with Gasteiger partial charge >= 0.3 is 0 Å². The highest BCUT2D eigenvalue weighted by Crippen LogP contribution is 1.25. The first kappa shape index (κ1) is 9.18. The molecule has 3 nitrogen and oxygen atoms in total. The largest absolute Gasteiger partial charge is 0.379 e. The SMILES string of the molecule is C=[CH][Al].O=NO. The van der Waals surface area contributed by atoms with Gasteiger partial charge in [-0.15, -0.1) is 11.5 Å². The molecule has 0 saturated carbocycles. The van der Waals surface area contributed by atoms with Crippen molar-refractivity contribution in [3.8, 4) is 0 Å². The van der Waals surface area contributed by atoms with Crippen molar-refractivity contribution in [2.24, 2.45) is 5.34 Å². The number of nitrogens with zero attached hydrogens (tertiary/aromatic N) is 1. The van der Waals surface area contributed by atoms with Crippen molar-refractivity contribution in [2.75, 3.05) is 0 Å². The maximum absolute atomic E-state index is 8.11. The molecule has 2 radical (unpaired) electrons. The van der Waals surface area contributed by atoms with E-state index in [0.29, 0.717) is 0 Å². The van der Waals surface area contributed by atoms with E-state index in [1.54, 1.807) is 4.94 Å². The van der Waals surface area contributed by atoms with Crippen LogP contribution in [0.4, 0.5) is 0 Å². The van der Waals surface area contributed by atoms with Gasteiger partial charge in [0.2, 0.25) is 0 Å². The zero-order valence-electron chi connectivity index (χ0n) is 3.16. The van der Waals surface area contributed by atoms with Crippen LogP contribution in [0.25, 0.3) is 0 Å². The van der Waals surface area contributed by atoms with E-state index < -0.39 is 0 Å². The number of hydrogen-bond acceptors (Lipinski definition) is 2. The van der Waals surface area contributed by atoms with Crippen molar-refractivity contribution >= 4 is 16.3 Å². The summed E-state index contributed by atoms with van der Waals surface area (Å²) in [5.41, 5.74) is 0. The summed E-state index contributed by atoms with van der Waals surface area (Å²) in [6.45, 7) is 3.32. The lowest BCUT2D eigenvalue weighted by molar-refractivity contribution is 0.312. The Kier molecular flexibility index (Phi) is 34.5. The molecule has 0 aromatic rings. The average molecular weight is 101 g/mol. The second-order valence-corrected chi connectivity index (χ2v) is 0.789. The van der Waals surface area contributed by atoms with Gasteiger partial charge in [-0.05, 0) is 0 Å². The summed E-state index contributed by atoms with van der Waals surface area (Å²) >= 11 is 2.34. The molecular formula is C2H4AlNO2. The maximum atomic E-state index is 8.11. The van der Waals surface area contributed by atoms with Gasteiger partial charge in [-0.1, -0.05) is 0 Å². The summed E-state index contributed by atoms with van der Waals surface area (Å²) in [5.74, 6) is 0. The van der Waals surface area contributed by atoms with Crippen molar-refractivity contribution in [3.05, 3.63) is 16.4 Å². The molecule has 0 aliphatic carbocycles. The van der Waals surface area contributed by atoms with Gasteiger partial charge in [0.15, 0.2) is 21.6 Å². The van der Waals surface area contributed by atoms with E-state index in [4.69, 9.17) is 10.1 Å². The molecule has 4 heteroatoms. The van der Waals surface area contributed by atoms with Crippen molar-refractivity contribution < 1.29 is 5.21 Å². The van der Waals surface area contributed by atoms with Gasteiger partial charge in [-0.3, -0.25) is 0 Å². The molecule has 0 heterocycles. The second-order valence-electron chi connectivity index (χ2n) is 0.317. The molecule has 0 unspecified atom stereocenters. The third-order valence-electron chi connectivity index (χ3n) is 0. The molecule has 0 aliphatic heterocycles. The second kappa shape index (κ2) is 22.5. The van der Waals surface area contributed by atoms with Crippen LogP contribution >= 0.6 is 0 Å². The highest BCUT2D eigenvalue weighted by molar-refractivity contribution is 6.16. The Morgan fingerprint density at radius 1 is 2.00 bits per heavy atom. The van der Waals surface area contributed by atoms with Crippen molar-refractivity contribution in [3.63, 3.8) is 0 Å². The normalized spacial score (nSPS) is 4.00. The smallest absolute Gasteiger partial charge is 0.161 e. The molecule has 32 valence electrons. The van der Waals surface area contributed by atoms with Gasteiger partial charge in [0.05, 0.1) is 0 Å². The summed E-state index contributed by atoms with van der Waals surface area (Å²) < 4.78 is 0. The van der Waals surface area contributed by atoms with E-state index in [2.05, 4.69) is 22.9 Å². The maximum Gasteiger partial charge on any atom is 0.161 e. The van der Waals surface area contributed by atoms with Crippen LogP contribution in [0.3, 0.4) is 0 Å². The molecule has 0 saturated heterocycles. The monoisotopic (exact) mass is 101 g/mol. The average Bonchev–Trinajstić information content (AvgIpc) is 1.39. The fourth-order valence-corrected chi connectivity index (χ4v) is 0. The first-order valence-electron chi connectivity index (χ1n) is 1.12. The van der Waals surface area contributed by atoms with Crippen molar-refractivity contribution in [1.82, 2.24) is 0 Å². The predicted octanol–water partition coefficient (Wildman–Crippen LogP) is 0.440. The minimum atomic E-state index is 1.25. The topological polar surface area (TPSA) is 49.7 Å². The highest BCUT2D eigenvalue weighted by Gasteiger charge is 1.19. The van der Waals surface area contributed by atoms with E-state index in [1.165, 1.54) is 5.34 Å². The number of hydrogen-bond donors (Lipinski definition) is 1. The minimum absolute atomic E-state index is 1.25. The molecule has 0 aliphatic rings. The van der Waals surface area contributed by atoms with Crippen molar-refractivity contribution in [1.29, 1.82) is 0 Å². The lowest BCUT2D eigenvalue weighted by Crippen LogP contribution is -1.29. The zero-order chi connectivity index (χ0) is 5.41. The summed E-state index contributed by atoms with van der Waals surface area (Å²) in [4.78, 5) is 9.78. The third-order valence-corrected chi connectivity index (χ3v) is 0. The predicted molar refractivity (Wildman–Crippen MR) is 23.5 cm³/mol. The summed E-state index contributed by atoms with van der Waals surface area (Å²) in [5, 5.41) is 7.89. The van der Waals surface area contributed by atoms with E-state index >= 15 is 0 Å². The van der Waals surface area contributed by atoms with Crippen LogP contribution in [0.5, 0.6) is 0 Å². The Morgan fingerprint density at radius 2 is 2.00 bits per heavy atom. The van der Waals surface area contributed by atoms with Crippen LogP contribution < -0.4 is 0 Å². The van der Waals surface area contributed by atoms with Crippen LogP contribution in [0.2, 0.25) is 0 Å². The summed E-state index contributed by atoms with van der Waals surface area (Å²) in [6.07, 6.45) is 0. The molecule has 0 fully saturated rings. The Bertz CT molecular complexity index is 32.5. The Labute approximate surface area is 44.0 Å². The van der Waals surface area contributed by atoms with Gasteiger partial charge in [0.25, 0.3) is 0 Å². The molecule has 0 atom stereocenters. The quantitative estimate of drug-likeness (QED) is 0.273. The zero-order valence-corrected chi connectivity index (χ0v) is 4.32. The Hall–Kier alpha value is -0.328. The van der Waals surface area contributed by atoms with Crippen LogP contribution in [-0.4, -0.2) is 21.5 Å². The van der Waals surface area contributed by atoms with Gasteiger partial charge in [0.1, 0.15) is 0 Å². The molecular weight excluding hydrogens is 97.0 g/mol. The fourth-order valence-electron chi connectivity index (χ4n) is 0. The molecule has 6 heavy (non-hydrogen) atoms. The molecule has 0 bridgehead atoms. The lowest BCUT2D eigenvalue weighted by Gasteiger charge is -1.32. The first-order chi connectivity index (χ1) is 2.83. The van der Waals surface area contributed by atoms with E-state index in [1.807, 2.05) is 0 Å². The lowest BCUT2D eigenvalue weighted by atomic mass is 11.3. The van der Waals surface area contributed by atoms with Gasteiger partial charge in [0, 0.05) is 0 Å². The van der Waals surface area contributed by atoms with E-state index in [-0.39, 0.29) is 0 Å². The summed E-state index contributed by atoms with van der Waals surface area (Å²) in [6, 6.07) is 0. The third kappa shape index (κ3) is 244. The molecule has 1 N–H and O–H groups in total. The van der Waals surface area contributed by atoms with Crippen LogP contribution in [-0.2, 0) is 0 Å². The van der Waals surface area contributed by atoms with E-state index in [0.717, 1.165) is 0 Å². The number of rotatable bonds is 0. The van der Waals surface area contributed by atoms with Crippen LogP contribution in [0.1, 0.15) is 0 Å². The van der Waals surface area contributed by atoms with Gasteiger partial charge < -0.3 is 5.21 Å². The molecule has 0 spiro atoms. The van der Waals surface area contributed by atoms with Crippen LogP contribution in [0, 0.1) is 4.91 Å². The molecule has 0 rings (SSSR count). The summed E-state index contributed by atoms with van der Waals surface area (Å²) in [7, 11) is 0. The first-order valence-corrected chi connectivity index (χ1v) is 1.79. The van der Waals surface area contributed by atoms with Gasteiger partial charge in [-0.2, -0.15) is 4.94 Å². The standard InChI is InChI=1S/C2H3.Al.HNO2/c1-2;;2-1-3/h1H,2H2;;(H,2,3). The Balaban J connectivity index is 0. The molecule has 0 aromatic heterocycles. The van der Waals surface area contributed by atoms with Crippen LogP contribution in [0.15, 0.2) is 16.9 Å². The van der Waals surface area contributed by atoms with E-state index in [9.17, 15) is 0 Å².